The summed E-state index contributed by atoms with van der Waals surface area (Å²) >= 11 is 0. The van der Waals surface area contributed by atoms with Gasteiger partial charge in [-0.15, -0.1) is 24.0 Å². The molecule has 0 aromatic heterocycles. The maximum Gasteiger partial charge on any atom is 0.188 e. The summed E-state index contributed by atoms with van der Waals surface area (Å²) < 4.78 is 16.1. The zero-order valence-corrected chi connectivity index (χ0v) is 16.9. The molecule has 6 nitrogen and oxygen atoms in total. The first-order valence-electron chi connectivity index (χ1n) is 7.97. The zero-order valence-electron chi connectivity index (χ0n) is 14.6. The fourth-order valence-electron chi connectivity index (χ4n) is 1.94. The second-order valence-electron chi connectivity index (χ2n) is 5.27. The number of halogens is 1. The number of nitrogens with zero attached hydrogens (tertiary/aromatic N) is 1. The van der Waals surface area contributed by atoms with Gasteiger partial charge in [-0.2, -0.15) is 0 Å². The van der Waals surface area contributed by atoms with Crippen molar-refractivity contribution in [1.82, 2.24) is 5.32 Å². The van der Waals surface area contributed by atoms with Gasteiger partial charge in [0.2, 0.25) is 0 Å². The molecule has 0 amide bonds. The molecule has 1 aromatic carbocycles. The minimum absolute atomic E-state index is 0. The molecule has 0 fully saturated rings. The summed E-state index contributed by atoms with van der Waals surface area (Å²) in [4.78, 5) is 4.24. The molecule has 0 spiro atoms. The summed E-state index contributed by atoms with van der Waals surface area (Å²) in [6.07, 6.45) is 0.833. The monoisotopic (exact) mass is 451 g/mol. The predicted molar refractivity (Wildman–Crippen MR) is 108 cm³/mol. The maximum absolute atomic E-state index is 5.76. The standard InChI is InChI=1S/C17H29N3O3.HI/c1-15(13-21-2)20-17(18)19-9-6-10-22-11-12-23-14-16-7-4-3-5-8-16;/h3-5,7-8,15H,6,9-14H2,1-2H3,(H3,18,19,20);1H. The van der Waals surface area contributed by atoms with E-state index in [9.17, 15) is 0 Å². The highest BCUT2D eigenvalue weighted by atomic mass is 127. The third kappa shape index (κ3) is 12.5. The van der Waals surface area contributed by atoms with E-state index >= 15 is 0 Å². The Morgan fingerprint density at radius 1 is 1.17 bits per heavy atom. The number of nitrogens with two attached hydrogens (primary N) is 1. The number of hydrogen-bond acceptors (Lipinski definition) is 4. The fourth-order valence-corrected chi connectivity index (χ4v) is 1.94. The van der Waals surface area contributed by atoms with Gasteiger partial charge in [-0.05, 0) is 18.9 Å². The minimum atomic E-state index is 0. The Morgan fingerprint density at radius 3 is 2.58 bits per heavy atom. The first-order valence-corrected chi connectivity index (χ1v) is 7.97. The van der Waals surface area contributed by atoms with Crippen molar-refractivity contribution in [1.29, 1.82) is 0 Å². The lowest BCUT2D eigenvalue weighted by molar-refractivity contribution is 0.0403. The van der Waals surface area contributed by atoms with E-state index in [0.29, 0.717) is 45.5 Å². The molecule has 1 atom stereocenters. The number of guanidine groups is 1. The van der Waals surface area contributed by atoms with Gasteiger partial charge < -0.3 is 25.3 Å². The highest BCUT2D eigenvalue weighted by Crippen LogP contribution is 2.00. The number of methoxy groups -OCH3 is 1. The van der Waals surface area contributed by atoms with Gasteiger partial charge in [-0.3, -0.25) is 4.99 Å². The number of nitrogens with one attached hydrogen (secondary N) is 1. The Balaban J connectivity index is 0.00000529. The smallest absolute Gasteiger partial charge is 0.188 e. The van der Waals surface area contributed by atoms with E-state index in [1.807, 2.05) is 37.3 Å². The van der Waals surface area contributed by atoms with Gasteiger partial charge in [0.05, 0.1) is 26.4 Å². The lowest BCUT2D eigenvalue weighted by Gasteiger charge is -2.13. The molecule has 0 bridgehead atoms. The quantitative estimate of drug-likeness (QED) is 0.221. The molecule has 7 heteroatoms. The van der Waals surface area contributed by atoms with Gasteiger partial charge in [0, 0.05) is 26.3 Å². The summed E-state index contributed by atoms with van der Waals surface area (Å²) in [6, 6.07) is 10.3. The molecule has 1 aromatic rings. The summed E-state index contributed by atoms with van der Waals surface area (Å²) in [5.74, 6) is 0.445. The van der Waals surface area contributed by atoms with Crippen LogP contribution in [0.2, 0.25) is 0 Å². The summed E-state index contributed by atoms with van der Waals surface area (Å²) in [6.45, 7) is 5.69. The Morgan fingerprint density at radius 2 is 1.88 bits per heavy atom. The van der Waals surface area contributed by atoms with Crippen LogP contribution in [0.1, 0.15) is 18.9 Å². The molecule has 138 valence electrons. The fraction of sp³-hybridized carbons (Fsp3) is 0.588. The number of hydrogen-bond donors (Lipinski definition) is 2. The summed E-state index contributed by atoms with van der Waals surface area (Å²) in [5.41, 5.74) is 6.94. The predicted octanol–water partition coefficient (Wildman–Crippen LogP) is 2.17. The average Bonchev–Trinajstić information content (AvgIpc) is 2.54. The molecule has 0 radical (unpaired) electrons. The highest BCUT2D eigenvalue weighted by molar-refractivity contribution is 14.0. The van der Waals surface area contributed by atoms with Crippen molar-refractivity contribution in [3.05, 3.63) is 35.9 Å². The van der Waals surface area contributed by atoms with Crippen molar-refractivity contribution < 1.29 is 14.2 Å². The zero-order chi connectivity index (χ0) is 16.8. The van der Waals surface area contributed by atoms with Crippen LogP contribution < -0.4 is 11.1 Å². The largest absolute Gasteiger partial charge is 0.383 e. The van der Waals surface area contributed by atoms with E-state index in [-0.39, 0.29) is 30.0 Å². The SMILES string of the molecule is COCC(C)NC(N)=NCCCOCCOCc1ccccc1.I. The van der Waals surface area contributed by atoms with Crippen molar-refractivity contribution in [3.63, 3.8) is 0 Å². The normalized spacial score (nSPS) is 12.5. The molecule has 0 aliphatic heterocycles. The van der Waals surface area contributed by atoms with Crippen LogP contribution in [0.5, 0.6) is 0 Å². The van der Waals surface area contributed by atoms with Crippen LogP contribution in [0.4, 0.5) is 0 Å². The van der Waals surface area contributed by atoms with Crippen LogP contribution in [0.3, 0.4) is 0 Å². The maximum atomic E-state index is 5.76. The third-order valence-corrected chi connectivity index (χ3v) is 3.02. The van der Waals surface area contributed by atoms with Crippen molar-refractivity contribution in [2.75, 3.05) is 40.1 Å². The molecule has 0 saturated heterocycles. The minimum Gasteiger partial charge on any atom is -0.383 e. The van der Waals surface area contributed by atoms with Crippen LogP contribution >= 0.6 is 24.0 Å². The van der Waals surface area contributed by atoms with Gasteiger partial charge in [0.15, 0.2) is 5.96 Å². The van der Waals surface area contributed by atoms with Crippen LogP contribution in [0.25, 0.3) is 0 Å². The average molecular weight is 451 g/mol. The van der Waals surface area contributed by atoms with Crippen LogP contribution in [-0.4, -0.2) is 52.1 Å². The van der Waals surface area contributed by atoms with Gasteiger partial charge in [0.25, 0.3) is 0 Å². The second-order valence-corrected chi connectivity index (χ2v) is 5.27. The molecule has 0 heterocycles. The van der Waals surface area contributed by atoms with E-state index in [0.717, 1.165) is 6.42 Å². The molecule has 24 heavy (non-hydrogen) atoms. The van der Waals surface area contributed by atoms with Crippen molar-refractivity contribution in [3.8, 4) is 0 Å². The highest BCUT2D eigenvalue weighted by Gasteiger charge is 2.00. The van der Waals surface area contributed by atoms with Crippen LogP contribution in [0.15, 0.2) is 35.3 Å². The molecular formula is C17H30IN3O3. The van der Waals surface area contributed by atoms with Gasteiger partial charge in [-0.1, -0.05) is 30.3 Å². The molecule has 1 unspecified atom stereocenters. The van der Waals surface area contributed by atoms with Crippen LogP contribution in [0, 0.1) is 0 Å². The molecule has 1 rings (SSSR count). The molecule has 0 saturated carbocycles. The lowest BCUT2D eigenvalue weighted by atomic mass is 10.2. The second kappa shape index (κ2) is 15.6. The van der Waals surface area contributed by atoms with E-state index in [1.165, 1.54) is 5.56 Å². The van der Waals surface area contributed by atoms with Gasteiger partial charge >= 0.3 is 0 Å². The van der Waals surface area contributed by atoms with E-state index in [2.05, 4.69) is 10.3 Å². The molecular weight excluding hydrogens is 421 g/mol. The topological polar surface area (TPSA) is 78.1 Å². The van der Waals surface area contributed by atoms with Crippen molar-refractivity contribution >= 4 is 29.9 Å². The Hall–Kier alpha value is -0.900. The van der Waals surface area contributed by atoms with Gasteiger partial charge in [0.1, 0.15) is 0 Å². The number of ether oxygens (including phenoxy) is 3. The van der Waals surface area contributed by atoms with E-state index in [1.54, 1.807) is 7.11 Å². The molecule has 0 aliphatic carbocycles. The summed E-state index contributed by atoms with van der Waals surface area (Å²) in [5, 5.41) is 3.06. The Bertz CT molecular complexity index is 432. The number of aliphatic imine (C=N–C) groups is 1. The summed E-state index contributed by atoms with van der Waals surface area (Å²) in [7, 11) is 1.66. The first kappa shape index (κ1) is 23.1. The molecule has 0 aliphatic rings. The van der Waals surface area contributed by atoms with Crippen LogP contribution in [-0.2, 0) is 20.8 Å². The van der Waals surface area contributed by atoms with E-state index in [4.69, 9.17) is 19.9 Å². The van der Waals surface area contributed by atoms with Crippen molar-refractivity contribution in [2.45, 2.75) is 26.0 Å². The third-order valence-electron chi connectivity index (χ3n) is 3.02. The van der Waals surface area contributed by atoms with E-state index < -0.39 is 0 Å². The van der Waals surface area contributed by atoms with Crippen molar-refractivity contribution in [2.24, 2.45) is 10.7 Å². The lowest BCUT2D eigenvalue weighted by Crippen LogP contribution is -2.40. The first-order chi connectivity index (χ1) is 11.2. The Labute approximate surface area is 162 Å². The van der Waals surface area contributed by atoms with Gasteiger partial charge in [-0.25, -0.2) is 0 Å². The Kier molecular flexibility index (Phi) is 15.0. The molecule has 3 N–H and O–H groups in total. The number of benzene rings is 1. The number of rotatable bonds is 12.